The van der Waals surface area contributed by atoms with Crippen LogP contribution in [0.25, 0.3) is 0 Å². The monoisotopic (exact) mass is 288 g/mol. The summed E-state index contributed by atoms with van der Waals surface area (Å²) in [6.07, 6.45) is 2.02. The number of methoxy groups -OCH3 is 1. The van der Waals surface area contributed by atoms with Crippen LogP contribution in [0.3, 0.4) is 0 Å². The first-order valence-electron chi connectivity index (χ1n) is 6.91. The van der Waals surface area contributed by atoms with Crippen LogP contribution in [0.1, 0.15) is 17.7 Å². The van der Waals surface area contributed by atoms with E-state index in [2.05, 4.69) is 10.6 Å². The molecule has 21 heavy (non-hydrogen) atoms. The predicted molar refractivity (Wildman–Crippen MR) is 79.9 cm³/mol. The van der Waals surface area contributed by atoms with Crippen molar-refractivity contribution in [3.05, 3.63) is 54.0 Å². The minimum atomic E-state index is -0.000994. The molecule has 5 heteroatoms. The van der Waals surface area contributed by atoms with E-state index >= 15 is 0 Å². The first kappa shape index (κ1) is 15.1. The molecule has 1 heterocycles. The molecule has 0 aliphatic rings. The summed E-state index contributed by atoms with van der Waals surface area (Å²) < 4.78 is 10.4. The standard InChI is InChI=1S/C16H20N2O3/c1-20-15-7-3-2-5-13(15)11-17-9-8-16(19)18-12-14-6-4-10-21-14/h2-7,10,17H,8-9,11-12H2,1H3,(H,18,19). The van der Waals surface area contributed by atoms with Crippen LogP contribution >= 0.6 is 0 Å². The lowest BCUT2D eigenvalue weighted by Gasteiger charge is -2.09. The molecule has 0 unspecified atom stereocenters. The van der Waals surface area contributed by atoms with E-state index in [9.17, 15) is 4.79 Å². The van der Waals surface area contributed by atoms with Crippen LogP contribution in [0.15, 0.2) is 47.1 Å². The van der Waals surface area contributed by atoms with Crippen molar-refractivity contribution in [3.63, 3.8) is 0 Å². The lowest BCUT2D eigenvalue weighted by molar-refractivity contribution is -0.121. The SMILES string of the molecule is COc1ccccc1CNCCC(=O)NCc1ccco1. The van der Waals surface area contributed by atoms with E-state index in [-0.39, 0.29) is 5.91 Å². The van der Waals surface area contributed by atoms with E-state index in [1.54, 1.807) is 19.4 Å². The number of carbonyl (C=O) groups excluding carboxylic acids is 1. The van der Waals surface area contributed by atoms with Gasteiger partial charge in [0.1, 0.15) is 11.5 Å². The summed E-state index contributed by atoms with van der Waals surface area (Å²) in [5, 5.41) is 6.05. The van der Waals surface area contributed by atoms with E-state index in [1.165, 1.54) is 0 Å². The first-order valence-corrected chi connectivity index (χ1v) is 6.91. The minimum Gasteiger partial charge on any atom is -0.496 e. The number of nitrogens with one attached hydrogen (secondary N) is 2. The lowest BCUT2D eigenvalue weighted by Crippen LogP contribution is -2.27. The second-order valence-electron chi connectivity index (χ2n) is 4.59. The Morgan fingerprint density at radius 1 is 1.19 bits per heavy atom. The maximum atomic E-state index is 11.7. The van der Waals surface area contributed by atoms with Gasteiger partial charge >= 0.3 is 0 Å². The van der Waals surface area contributed by atoms with Gasteiger partial charge in [0.05, 0.1) is 19.9 Å². The number of carbonyl (C=O) groups is 1. The van der Waals surface area contributed by atoms with Crippen molar-refractivity contribution in [2.45, 2.75) is 19.5 Å². The van der Waals surface area contributed by atoms with Crippen molar-refractivity contribution in [2.75, 3.05) is 13.7 Å². The van der Waals surface area contributed by atoms with Crippen molar-refractivity contribution in [1.29, 1.82) is 0 Å². The van der Waals surface area contributed by atoms with Gasteiger partial charge in [0.25, 0.3) is 0 Å². The summed E-state index contributed by atoms with van der Waals surface area (Å²) >= 11 is 0. The molecule has 5 nitrogen and oxygen atoms in total. The van der Waals surface area contributed by atoms with Gasteiger partial charge in [0.2, 0.25) is 5.91 Å². The van der Waals surface area contributed by atoms with Gasteiger partial charge in [0.15, 0.2) is 0 Å². The molecule has 2 aromatic rings. The van der Waals surface area contributed by atoms with Crippen LogP contribution in [0.2, 0.25) is 0 Å². The number of hydrogen-bond acceptors (Lipinski definition) is 4. The van der Waals surface area contributed by atoms with Crippen LogP contribution in [-0.4, -0.2) is 19.6 Å². The quantitative estimate of drug-likeness (QED) is 0.730. The van der Waals surface area contributed by atoms with Crippen LogP contribution in [-0.2, 0) is 17.9 Å². The Morgan fingerprint density at radius 3 is 2.81 bits per heavy atom. The fourth-order valence-corrected chi connectivity index (χ4v) is 1.96. The minimum absolute atomic E-state index is 0.000994. The molecule has 1 aromatic heterocycles. The highest BCUT2D eigenvalue weighted by molar-refractivity contribution is 5.75. The summed E-state index contributed by atoms with van der Waals surface area (Å²) in [6, 6.07) is 11.5. The molecule has 0 atom stereocenters. The highest BCUT2D eigenvalue weighted by atomic mass is 16.5. The fraction of sp³-hybridized carbons (Fsp3) is 0.312. The molecule has 112 valence electrons. The van der Waals surface area contributed by atoms with Crippen molar-refractivity contribution in [2.24, 2.45) is 0 Å². The zero-order valence-electron chi connectivity index (χ0n) is 12.1. The third kappa shape index (κ3) is 4.96. The Hall–Kier alpha value is -2.27. The van der Waals surface area contributed by atoms with Crippen molar-refractivity contribution >= 4 is 5.91 Å². The number of rotatable bonds is 8. The van der Waals surface area contributed by atoms with Crippen molar-refractivity contribution < 1.29 is 13.9 Å². The van der Waals surface area contributed by atoms with Gasteiger partial charge in [-0.2, -0.15) is 0 Å². The molecule has 0 saturated heterocycles. The average Bonchev–Trinajstić information content (AvgIpc) is 3.03. The maximum absolute atomic E-state index is 11.7. The summed E-state index contributed by atoms with van der Waals surface area (Å²) in [5.74, 6) is 1.61. The number of hydrogen-bond donors (Lipinski definition) is 2. The van der Waals surface area contributed by atoms with E-state index in [0.717, 1.165) is 17.1 Å². The number of furan rings is 1. The molecular weight excluding hydrogens is 268 g/mol. The zero-order valence-corrected chi connectivity index (χ0v) is 12.1. The van der Waals surface area contributed by atoms with Crippen LogP contribution in [0, 0.1) is 0 Å². The van der Waals surface area contributed by atoms with Crippen molar-refractivity contribution in [3.8, 4) is 5.75 Å². The summed E-state index contributed by atoms with van der Waals surface area (Å²) in [6.45, 7) is 1.72. The summed E-state index contributed by atoms with van der Waals surface area (Å²) in [5.41, 5.74) is 1.08. The Bertz CT molecular complexity index is 552. The highest BCUT2D eigenvalue weighted by Gasteiger charge is 2.04. The van der Waals surface area contributed by atoms with Gasteiger partial charge < -0.3 is 19.8 Å². The Kier molecular flexibility index (Phi) is 5.84. The molecule has 1 aromatic carbocycles. The average molecular weight is 288 g/mol. The molecule has 0 spiro atoms. The van der Waals surface area contributed by atoms with E-state index in [0.29, 0.717) is 26.1 Å². The third-order valence-electron chi connectivity index (χ3n) is 3.08. The Balaban J connectivity index is 1.64. The van der Waals surface area contributed by atoms with Gasteiger partial charge in [-0.25, -0.2) is 0 Å². The van der Waals surface area contributed by atoms with Crippen LogP contribution in [0.5, 0.6) is 5.75 Å². The molecule has 0 radical (unpaired) electrons. The fourth-order valence-electron chi connectivity index (χ4n) is 1.96. The van der Waals surface area contributed by atoms with Crippen molar-refractivity contribution in [1.82, 2.24) is 10.6 Å². The number of benzene rings is 1. The highest BCUT2D eigenvalue weighted by Crippen LogP contribution is 2.16. The Morgan fingerprint density at radius 2 is 2.05 bits per heavy atom. The molecule has 0 fully saturated rings. The second-order valence-corrected chi connectivity index (χ2v) is 4.59. The number of para-hydroxylation sites is 1. The van der Waals surface area contributed by atoms with Gasteiger partial charge in [-0.05, 0) is 18.2 Å². The molecule has 0 aliphatic heterocycles. The topological polar surface area (TPSA) is 63.5 Å². The van der Waals surface area contributed by atoms with E-state index in [1.807, 2.05) is 30.3 Å². The van der Waals surface area contributed by atoms with Crippen LogP contribution < -0.4 is 15.4 Å². The maximum Gasteiger partial charge on any atom is 0.221 e. The smallest absolute Gasteiger partial charge is 0.221 e. The summed E-state index contributed by atoms with van der Waals surface area (Å²) in [7, 11) is 1.65. The summed E-state index contributed by atoms with van der Waals surface area (Å²) in [4.78, 5) is 11.7. The Labute approximate surface area is 124 Å². The zero-order chi connectivity index (χ0) is 14.9. The van der Waals surface area contributed by atoms with Gasteiger partial charge in [0, 0.05) is 25.1 Å². The molecule has 0 saturated carbocycles. The first-order chi connectivity index (χ1) is 10.3. The normalized spacial score (nSPS) is 10.3. The molecule has 0 aliphatic carbocycles. The van der Waals surface area contributed by atoms with Gasteiger partial charge in [-0.1, -0.05) is 18.2 Å². The van der Waals surface area contributed by atoms with E-state index < -0.39 is 0 Å². The van der Waals surface area contributed by atoms with Gasteiger partial charge in [-0.15, -0.1) is 0 Å². The second kappa shape index (κ2) is 8.11. The molecule has 1 amide bonds. The molecular formula is C16H20N2O3. The van der Waals surface area contributed by atoms with Gasteiger partial charge in [-0.3, -0.25) is 4.79 Å². The lowest BCUT2D eigenvalue weighted by atomic mass is 10.2. The number of ether oxygens (including phenoxy) is 1. The predicted octanol–water partition coefficient (Wildman–Crippen LogP) is 2.08. The number of amides is 1. The third-order valence-corrected chi connectivity index (χ3v) is 3.08. The largest absolute Gasteiger partial charge is 0.496 e. The molecule has 2 rings (SSSR count). The molecule has 0 bridgehead atoms. The van der Waals surface area contributed by atoms with Crippen LogP contribution in [0.4, 0.5) is 0 Å². The molecule has 2 N–H and O–H groups in total. The van der Waals surface area contributed by atoms with E-state index in [4.69, 9.17) is 9.15 Å².